The van der Waals surface area contributed by atoms with Gasteiger partial charge in [0.15, 0.2) is 5.58 Å². The third-order valence-electron chi connectivity index (χ3n) is 6.95. The lowest BCUT2D eigenvalue weighted by atomic mass is 9.80. The summed E-state index contributed by atoms with van der Waals surface area (Å²) in [5.41, 5.74) is 7.43. The molecule has 0 radical (unpaired) electrons. The number of rotatable bonds is 3. The number of nitrogens with one attached hydrogen (secondary N) is 1. The summed E-state index contributed by atoms with van der Waals surface area (Å²) < 4.78 is 6.62. The van der Waals surface area contributed by atoms with Crippen molar-refractivity contribution in [2.24, 2.45) is 5.41 Å². The Morgan fingerprint density at radius 3 is 2.40 bits per heavy atom. The van der Waals surface area contributed by atoms with E-state index < -0.39 is 0 Å². The molecule has 1 heterocycles. The van der Waals surface area contributed by atoms with Crippen molar-refractivity contribution in [3.05, 3.63) is 65.4 Å². The number of benzene rings is 2. The van der Waals surface area contributed by atoms with E-state index in [4.69, 9.17) is 4.42 Å². The third kappa shape index (κ3) is 3.47. The van der Waals surface area contributed by atoms with Gasteiger partial charge in [0.05, 0.1) is 5.69 Å². The molecule has 2 nitrogen and oxygen atoms in total. The summed E-state index contributed by atoms with van der Waals surface area (Å²) in [6.45, 7) is 6.92. The fourth-order valence-corrected chi connectivity index (χ4v) is 5.38. The SMILES string of the molecule is CC(C)(C)C1=C(Nc2cccc3c2oc2c(C4CCCCC4)cccc23)C=CCC1. The number of furan rings is 1. The molecule has 0 amide bonds. The second kappa shape index (κ2) is 7.65. The molecular formula is C28H33NO. The first-order valence-electron chi connectivity index (χ1n) is 11.6. The second-order valence-electron chi connectivity index (χ2n) is 10.1. The Hall–Kier alpha value is -2.48. The molecule has 0 bridgehead atoms. The molecule has 30 heavy (non-hydrogen) atoms. The molecule has 0 spiro atoms. The molecule has 2 aliphatic rings. The maximum Gasteiger partial charge on any atom is 0.158 e. The lowest BCUT2D eigenvalue weighted by Gasteiger charge is -2.28. The minimum absolute atomic E-state index is 0.156. The highest BCUT2D eigenvalue weighted by atomic mass is 16.3. The molecule has 3 aromatic rings. The quantitative estimate of drug-likeness (QED) is 0.476. The van der Waals surface area contributed by atoms with Gasteiger partial charge < -0.3 is 9.73 Å². The Labute approximate surface area is 180 Å². The number of hydrogen-bond donors (Lipinski definition) is 1. The van der Waals surface area contributed by atoms with Gasteiger partial charge >= 0.3 is 0 Å². The Morgan fingerprint density at radius 1 is 0.900 bits per heavy atom. The van der Waals surface area contributed by atoms with E-state index >= 15 is 0 Å². The number of fused-ring (bicyclic) bond motifs is 3. The van der Waals surface area contributed by atoms with Gasteiger partial charge in [-0.15, -0.1) is 0 Å². The number of allylic oxidation sites excluding steroid dienone is 3. The van der Waals surface area contributed by atoms with Crippen molar-refractivity contribution < 1.29 is 4.42 Å². The molecule has 1 fully saturated rings. The van der Waals surface area contributed by atoms with E-state index in [9.17, 15) is 0 Å². The van der Waals surface area contributed by atoms with Gasteiger partial charge in [0.25, 0.3) is 0 Å². The molecule has 156 valence electrons. The molecule has 0 unspecified atom stereocenters. The molecule has 0 saturated heterocycles. The average Bonchev–Trinajstić information content (AvgIpc) is 3.14. The van der Waals surface area contributed by atoms with Crippen molar-refractivity contribution in [2.75, 3.05) is 5.32 Å². The van der Waals surface area contributed by atoms with Crippen molar-refractivity contribution in [1.82, 2.24) is 0 Å². The summed E-state index contributed by atoms with van der Waals surface area (Å²) in [6, 6.07) is 13.2. The predicted octanol–water partition coefficient (Wildman–Crippen LogP) is 8.70. The van der Waals surface area contributed by atoms with Crippen molar-refractivity contribution >= 4 is 27.6 Å². The van der Waals surface area contributed by atoms with Crippen LogP contribution in [0.5, 0.6) is 0 Å². The van der Waals surface area contributed by atoms with Crippen LogP contribution in [0.1, 0.15) is 77.2 Å². The van der Waals surface area contributed by atoms with Gasteiger partial charge in [-0.05, 0) is 60.3 Å². The summed E-state index contributed by atoms with van der Waals surface area (Å²) in [5, 5.41) is 6.20. The van der Waals surface area contributed by atoms with Crippen molar-refractivity contribution in [1.29, 1.82) is 0 Å². The normalized spacial score (nSPS) is 18.5. The van der Waals surface area contributed by atoms with E-state index in [0.29, 0.717) is 5.92 Å². The minimum atomic E-state index is 0.156. The highest BCUT2D eigenvalue weighted by molar-refractivity contribution is 6.09. The standard InChI is InChI=1S/C28H33NO/c1-28(2,3)23-16-7-8-17-24(23)29-25-18-10-15-22-21-14-9-13-20(26(21)30-27(22)25)19-11-5-4-6-12-19/h8-10,13-15,17-19,29H,4-7,11-12,16H2,1-3H3. The Kier molecular flexibility index (Phi) is 4.97. The first-order valence-corrected chi connectivity index (χ1v) is 11.6. The lowest BCUT2D eigenvalue weighted by molar-refractivity contribution is 0.442. The lowest BCUT2D eigenvalue weighted by Crippen LogP contribution is -2.16. The van der Waals surface area contributed by atoms with Crippen LogP contribution in [0.2, 0.25) is 0 Å². The van der Waals surface area contributed by atoms with Crippen molar-refractivity contribution in [3.8, 4) is 0 Å². The zero-order chi connectivity index (χ0) is 20.7. The van der Waals surface area contributed by atoms with Crippen LogP contribution in [-0.2, 0) is 0 Å². The van der Waals surface area contributed by atoms with Crippen LogP contribution in [0.4, 0.5) is 5.69 Å². The van der Waals surface area contributed by atoms with Gasteiger partial charge in [-0.2, -0.15) is 0 Å². The Balaban J connectivity index is 1.62. The monoisotopic (exact) mass is 399 g/mol. The molecular weight excluding hydrogens is 366 g/mol. The summed E-state index contributed by atoms with van der Waals surface area (Å²) in [5.74, 6) is 0.635. The topological polar surface area (TPSA) is 25.2 Å². The maximum absolute atomic E-state index is 6.62. The molecule has 0 aliphatic heterocycles. The fourth-order valence-electron chi connectivity index (χ4n) is 5.38. The van der Waals surface area contributed by atoms with Crippen molar-refractivity contribution in [3.63, 3.8) is 0 Å². The number of anilines is 1. The van der Waals surface area contributed by atoms with Crippen molar-refractivity contribution in [2.45, 2.75) is 71.6 Å². The van der Waals surface area contributed by atoms with Gasteiger partial charge in [-0.3, -0.25) is 0 Å². The van der Waals surface area contributed by atoms with Crippen LogP contribution in [0.25, 0.3) is 21.9 Å². The van der Waals surface area contributed by atoms with E-state index in [1.165, 1.54) is 59.7 Å². The number of para-hydroxylation sites is 2. The highest BCUT2D eigenvalue weighted by Gasteiger charge is 2.24. The van der Waals surface area contributed by atoms with Crippen LogP contribution >= 0.6 is 0 Å². The highest BCUT2D eigenvalue weighted by Crippen LogP contribution is 2.42. The van der Waals surface area contributed by atoms with Crippen LogP contribution in [-0.4, -0.2) is 0 Å². The maximum atomic E-state index is 6.62. The summed E-state index contributed by atoms with van der Waals surface area (Å²) in [7, 11) is 0. The van der Waals surface area contributed by atoms with E-state index in [2.05, 4.69) is 74.6 Å². The Morgan fingerprint density at radius 2 is 1.63 bits per heavy atom. The van der Waals surface area contributed by atoms with Gasteiger partial charge in [0.2, 0.25) is 0 Å². The zero-order valence-electron chi connectivity index (χ0n) is 18.6. The summed E-state index contributed by atoms with van der Waals surface area (Å²) in [4.78, 5) is 0. The smallest absolute Gasteiger partial charge is 0.158 e. The second-order valence-corrected chi connectivity index (χ2v) is 10.1. The zero-order valence-corrected chi connectivity index (χ0v) is 18.6. The molecule has 1 saturated carbocycles. The first-order chi connectivity index (χ1) is 14.5. The van der Waals surface area contributed by atoms with E-state index in [-0.39, 0.29) is 5.41 Å². The number of hydrogen-bond acceptors (Lipinski definition) is 2. The van der Waals surface area contributed by atoms with Gasteiger partial charge in [-0.1, -0.05) is 76.4 Å². The molecule has 5 rings (SSSR count). The summed E-state index contributed by atoms with van der Waals surface area (Å²) in [6.07, 6.45) is 13.4. The van der Waals surface area contributed by atoms with Crippen LogP contribution in [0.15, 0.2) is 64.2 Å². The van der Waals surface area contributed by atoms with E-state index in [0.717, 1.165) is 29.7 Å². The first kappa shape index (κ1) is 19.5. The molecule has 2 aliphatic carbocycles. The molecule has 1 N–H and O–H groups in total. The van der Waals surface area contributed by atoms with Crippen LogP contribution in [0, 0.1) is 5.41 Å². The molecule has 1 aromatic heterocycles. The van der Waals surface area contributed by atoms with Crippen LogP contribution in [0.3, 0.4) is 0 Å². The Bertz CT molecular complexity index is 1130. The summed E-state index contributed by atoms with van der Waals surface area (Å²) >= 11 is 0. The molecule has 0 atom stereocenters. The van der Waals surface area contributed by atoms with E-state index in [1.807, 2.05) is 0 Å². The average molecular weight is 400 g/mol. The molecule has 2 heteroatoms. The molecule has 2 aromatic carbocycles. The predicted molar refractivity (Wildman–Crippen MR) is 128 cm³/mol. The minimum Gasteiger partial charge on any atom is -0.454 e. The van der Waals surface area contributed by atoms with E-state index in [1.54, 1.807) is 0 Å². The van der Waals surface area contributed by atoms with Gasteiger partial charge in [-0.25, -0.2) is 0 Å². The third-order valence-corrected chi connectivity index (χ3v) is 6.95. The largest absolute Gasteiger partial charge is 0.454 e. The van der Waals surface area contributed by atoms with Gasteiger partial charge in [0, 0.05) is 16.5 Å². The fraction of sp³-hybridized carbons (Fsp3) is 0.429. The van der Waals surface area contributed by atoms with Gasteiger partial charge in [0.1, 0.15) is 5.58 Å². The van der Waals surface area contributed by atoms with Crippen LogP contribution < -0.4 is 5.32 Å².